The number of methoxy groups -OCH3 is 1. The van der Waals surface area contributed by atoms with E-state index >= 15 is 0 Å². The van der Waals surface area contributed by atoms with E-state index in [1.807, 2.05) is 4.90 Å². The van der Waals surface area contributed by atoms with Crippen molar-refractivity contribution in [2.24, 2.45) is 5.73 Å². The Labute approximate surface area is 99.8 Å². The molecule has 1 aromatic rings. The number of hydrogen-bond acceptors (Lipinski definition) is 6. The number of esters is 1. The molecule has 2 heterocycles. The third-order valence-corrected chi connectivity index (χ3v) is 2.80. The Kier molecular flexibility index (Phi) is 3.53. The summed E-state index contributed by atoms with van der Waals surface area (Å²) >= 11 is 0. The molecule has 17 heavy (non-hydrogen) atoms. The minimum atomic E-state index is -0.424. The maximum Gasteiger partial charge on any atom is 0.341 e. The van der Waals surface area contributed by atoms with E-state index < -0.39 is 5.97 Å². The van der Waals surface area contributed by atoms with Gasteiger partial charge in [-0.1, -0.05) is 0 Å². The Morgan fingerprint density at radius 1 is 1.53 bits per heavy atom. The molecule has 1 aromatic heterocycles. The van der Waals surface area contributed by atoms with E-state index in [4.69, 9.17) is 5.73 Å². The second-order valence-corrected chi connectivity index (χ2v) is 4.11. The van der Waals surface area contributed by atoms with Crippen molar-refractivity contribution in [2.75, 3.05) is 25.1 Å². The van der Waals surface area contributed by atoms with Crippen molar-refractivity contribution >= 4 is 11.9 Å². The number of carbonyl (C=O) groups is 1. The molecule has 92 valence electrons. The molecule has 0 aromatic carbocycles. The number of hydrogen-bond donors (Lipinski definition) is 1. The van der Waals surface area contributed by atoms with Crippen molar-refractivity contribution in [3.8, 4) is 0 Å². The quantitative estimate of drug-likeness (QED) is 0.738. The normalized spacial score (nSPS) is 20.1. The SMILES string of the molecule is COC(=O)c1cnc(N2CCCC(N)C2)nc1. The van der Waals surface area contributed by atoms with Gasteiger partial charge in [0.2, 0.25) is 5.95 Å². The summed E-state index contributed by atoms with van der Waals surface area (Å²) in [6, 6.07) is 0.174. The highest BCUT2D eigenvalue weighted by atomic mass is 16.5. The molecule has 0 saturated carbocycles. The molecular formula is C11H16N4O2. The average Bonchev–Trinajstić information content (AvgIpc) is 2.38. The van der Waals surface area contributed by atoms with E-state index in [9.17, 15) is 4.79 Å². The topological polar surface area (TPSA) is 81.3 Å². The predicted octanol–water partition coefficient (Wildman–Crippen LogP) is 0.191. The van der Waals surface area contributed by atoms with Gasteiger partial charge in [0.05, 0.1) is 12.7 Å². The lowest BCUT2D eigenvalue weighted by Crippen LogP contribution is -2.43. The first-order chi connectivity index (χ1) is 8.20. The smallest absolute Gasteiger partial charge is 0.341 e. The summed E-state index contributed by atoms with van der Waals surface area (Å²) in [4.78, 5) is 21.6. The number of anilines is 1. The molecule has 0 spiro atoms. The van der Waals surface area contributed by atoms with Crippen LogP contribution in [0.2, 0.25) is 0 Å². The molecule has 1 saturated heterocycles. The van der Waals surface area contributed by atoms with Crippen molar-refractivity contribution in [1.29, 1.82) is 0 Å². The van der Waals surface area contributed by atoms with Crippen molar-refractivity contribution in [3.63, 3.8) is 0 Å². The highest BCUT2D eigenvalue weighted by molar-refractivity contribution is 5.88. The first-order valence-electron chi connectivity index (χ1n) is 5.61. The number of nitrogens with zero attached hydrogens (tertiary/aromatic N) is 3. The van der Waals surface area contributed by atoms with Crippen LogP contribution in [-0.2, 0) is 4.74 Å². The number of nitrogens with two attached hydrogens (primary N) is 1. The predicted molar refractivity (Wildman–Crippen MR) is 62.8 cm³/mol. The second kappa shape index (κ2) is 5.09. The maximum absolute atomic E-state index is 11.2. The van der Waals surface area contributed by atoms with Gasteiger partial charge in [0.1, 0.15) is 0 Å². The molecule has 0 aliphatic carbocycles. The molecule has 1 aliphatic rings. The van der Waals surface area contributed by atoms with E-state index in [1.165, 1.54) is 19.5 Å². The Hall–Kier alpha value is -1.69. The van der Waals surface area contributed by atoms with E-state index in [-0.39, 0.29) is 6.04 Å². The zero-order chi connectivity index (χ0) is 12.3. The standard InChI is InChI=1S/C11H16N4O2/c1-17-10(16)8-5-13-11(14-6-8)15-4-2-3-9(12)7-15/h5-6,9H,2-4,7,12H2,1H3. The number of piperidine rings is 1. The van der Waals surface area contributed by atoms with Gasteiger partial charge in [-0.3, -0.25) is 0 Å². The molecule has 0 radical (unpaired) electrons. The molecule has 1 fully saturated rings. The summed E-state index contributed by atoms with van der Waals surface area (Å²) in [7, 11) is 1.33. The summed E-state index contributed by atoms with van der Waals surface area (Å²) in [6.07, 6.45) is 5.04. The van der Waals surface area contributed by atoms with Crippen LogP contribution in [-0.4, -0.2) is 42.2 Å². The molecule has 1 aliphatic heterocycles. The summed E-state index contributed by atoms with van der Waals surface area (Å²) in [5.74, 6) is 0.194. The monoisotopic (exact) mass is 236 g/mol. The van der Waals surface area contributed by atoms with Gasteiger partial charge in [-0.2, -0.15) is 0 Å². The van der Waals surface area contributed by atoms with Gasteiger partial charge < -0.3 is 15.4 Å². The minimum absolute atomic E-state index is 0.174. The average molecular weight is 236 g/mol. The number of carbonyl (C=O) groups excluding carboxylic acids is 1. The fourth-order valence-electron chi connectivity index (χ4n) is 1.90. The van der Waals surface area contributed by atoms with E-state index in [2.05, 4.69) is 14.7 Å². The van der Waals surface area contributed by atoms with Crippen LogP contribution in [0.4, 0.5) is 5.95 Å². The first-order valence-corrected chi connectivity index (χ1v) is 5.61. The molecule has 0 amide bonds. The number of ether oxygens (including phenoxy) is 1. The van der Waals surface area contributed by atoms with Crippen molar-refractivity contribution in [3.05, 3.63) is 18.0 Å². The molecule has 0 bridgehead atoms. The molecule has 1 unspecified atom stereocenters. The minimum Gasteiger partial charge on any atom is -0.465 e. The maximum atomic E-state index is 11.2. The molecule has 2 N–H and O–H groups in total. The third kappa shape index (κ3) is 2.71. The number of rotatable bonds is 2. The molecular weight excluding hydrogens is 220 g/mol. The van der Waals surface area contributed by atoms with Crippen LogP contribution in [0.15, 0.2) is 12.4 Å². The van der Waals surface area contributed by atoms with Crippen LogP contribution in [0.5, 0.6) is 0 Å². The molecule has 6 nitrogen and oxygen atoms in total. The van der Waals surface area contributed by atoms with E-state index in [0.717, 1.165) is 25.9 Å². The highest BCUT2D eigenvalue weighted by Gasteiger charge is 2.19. The van der Waals surface area contributed by atoms with Crippen molar-refractivity contribution in [2.45, 2.75) is 18.9 Å². The third-order valence-electron chi connectivity index (χ3n) is 2.80. The van der Waals surface area contributed by atoms with Gasteiger partial charge >= 0.3 is 5.97 Å². The van der Waals surface area contributed by atoms with Crippen LogP contribution < -0.4 is 10.6 Å². The van der Waals surface area contributed by atoms with Gasteiger partial charge in [-0.15, -0.1) is 0 Å². The Bertz CT molecular complexity index is 393. The van der Waals surface area contributed by atoms with Gasteiger partial charge in [0, 0.05) is 31.5 Å². The van der Waals surface area contributed by atoms with Crippen molar-refractivity contribution < 1.29 is 9.53 Å². The van der Waals surface area contributed by atoms with Crippen molar-refractivity contribution in [1.82, 2.24) is 9.97 Å². The second-order valence-electron chi connectivity index (χ2n) is 4.11. The summed E-state index contributed by atoms with van der Waals surface area (Å²) in [6.45, 7) is 1.67. The van der Waals surface area contributed by atoms with Gasteiger partial charge in [-0.25, -0.2) is 14.8 Å². The van der Waals surface area contributed by atoms with Crippen LogP contribution in [0.3, 0.4) is 0 Å². The van der Waals surface area contributed by atoms with Crippen LogP contribution >= 0.6 is 0 Å². The zero-order valence-electron chi connectivity index (χ0n) is 9.80. The largest absolute Gasteiger partial charge is 0.465 e. The fraction of sp³-hybridized carbons (Fsp3) is 0.545. The summed E-state index contributed by atoms with van der Waals surface area (Å²) in [5, 5.41) is 0. The zero-order valence-corrected chi connectivity index (χ0v) is 9.80. The van der Waals surface area contributed by atoms with Crippen LogP contribution in [0.25, 0.3) is 0 Å². The molecule has 6 heteroatoms. The Morgan fingerprint density at radius 2 is 2.24 bits per heavy atom. The van der Waals surface area contributed by atoms with Gasteiger partial charge in [0.15, 0.2) is 0 Å². The summed E-state index contributed by atoms with van der Waals surface area (Å²) in [5.41, 5.74) is 6.25. The lowest BCUT2D eigenvalue weighted by molar-refractivity contribution is 0.0600. The first kappa shape index (κ1) is 11.8. The highest BCUT2D eigenvalue weighted by Crippen LogP contribution is 2.14. The van der Waals surface area contributed by atoms with E-state index in [1.54, 1.807) is 0 Å². The van der Waals surface area contributed by atoms with Gasteiger partial charge in [-0.05, 0) is 12.8 Å². The Morgan fingerprint density at radius 3 is 2.82 bits per heavy atom. The lowest BCUT2D eigenvalue weighted by Gasteiger charge is -2.30. The number of aromatic nitrogens is 2. The van der Waals surface area contributed by atoms with Gasteiger partial charge in [0.25, 0.3) is 0 Å². The molecule has 2 rings (SSSR count). The van der Waals surface area contributed by atoms with E-state index in [0.29, 0.717) is 11.5 Å². The Balaban J connectivity index is 2.09. The molecule has 1 atom stereocenters. The lowest BCUT2D eigenvalue weighted by atomic mass is 10.1. The van der Waals surface area contributed by atoms with Crippen LogP contribution in [0, 0.1) is 0 Å². The summed E-state index contributed by atoms with van der Waals surface area (Å²) < 4.78 is 4.59. The van der Waals surface area contributed by atoms with Crippen LogP contribution in [0.1, 0.15) is 23.2 Å². The fourth-order valence-corrected chi connectivity index (χ4v) is 1.90.